The van der Waals surface area contributed by atoms with E-state index < -0.39 is 18.1 Å². The van der Waals surface area contributed by atoms with Crippen LogP contribution in [0.2, 0.25) is 0 Å². The topological polar surface area (TPSA) is 66.8 Å². The molecule has 28 heavy (non-hydrogen) atoms. The average Bonchev–Trinajstić information content (AvgIpc) is 3.33. The van der Waals surface area contributed by atoms with Gasteiger partial charge in [-0.05, 0) is 46.7 Å². The molecule has 1 aliphatic carbocycles. The summed E-state index contributed by atoms with van der Waals surface area (Å²) in [6.07, 6.45) is -0.654. The maximum Gasteiger partial charge on any atom is 0.415 e. The van der Waals surface area contributed by atoms with Gasteiger partial charge in [0.25, 0.3) is 0 Å². The van der Waals surface area contributed by atoms with Gasteiger partial charge in [0.05, 0.1) is 0 Å². The summed E-state index contributed by atoms with van der Waals surface area (Å²) in [5.41, 5.74) is 4.53. The minimum Gasteiger partial charge on any atom is -0.480 e. The van der Waals surface area contributed by atoms with Crippen molar-refractivity contribution in [2.75, 3.05) is 11.5 Å². The molecule has 0 saturated carbocycles. The van der Waals surface area contributed by atoms with Crippen molar-refractivity contribution in [3.63, 3.8) is 0 Å². The van der Waals surface area contributed by atoms with E-state index in [9.17, 15) is 14.7 Å². The van der Waals surface area contributed by atoms with Crippen molar-refractivity contribution in [2.24, 2.45) is 0 Å². The van der Waals surface area contributed by atoms with E-state index in [1.807, 2.05) is 36.4 Å². The van der Waals surface area contributed by atoms with Crippen molar-refractivity contribution in [1.82, 2.24) is 0 Å². The van der Waals surface area contributed by atoms with Crippen LogP contribution in [-0.2, 0) is 9.53 Å². The summed E-state index contributed by atoms with van der Waals surface area (Å²) in [6.45, 7) is 1.63. The fourth-order valence-corrected chi connectivity index (χ4v) is 4.42. The number of carboxylic acid groups (broad SMARTS) is 1. The van der Waals surface area contributed by atoms with Crippen molar-refractivity contribution in [3.05, 3.63) is 77.2 Å². The minimum absolute atomic E-state index is 0.0679. The van der Waals surface area contributed by atoms with E-state index in [0.717, 1.165) is 22.3 Å². The summed E-state index contributed by atoms with van der Waals surface area (Å²) in [5, 5.41) is 11.7. The van der Waals surface area contributed by atoms with Gasteiger partial charge in [-0.3, -0.25) is 4.90 Å². The second-order valence-corrected chi connectivity index (χ2v) is 7.57. The summed E-state index contributed by atoms with van der Waals surface area (Å²) < 4.78 is 5.63. The Morgan fingerprint density at radius 3 is 2.18 bits per heavy atom. The summed E-state index contributed by atoms with van der Waals surface area (Å²) in [5.74, 6) is -1.15. The van der Waals surface area contributed by atoms with Gasteiger partial charge >= 0.3 is 12.1 Å². The maximum atomic E-state index is 12.8. The number of ether oxygens (including phenoxy) is 1. The first kappa shape index (κ1) is 18.3. The molecule has 2 aromatic carbocycles. The zero-order valence-corrected chi connectivity index (χ0v) is 16.1. The third kappa shape index (κ3) is 3.16. The Morgan fingerprint density at radius 1 is 1.04 bits per heavy atom. The van der Waals surface area contributed by atoms with E-state index in [2.05, 4.69) is 12.1 Å². The fraction of sp³-hybridized carbons (Fsp3) is 0.182. The molecule has 142 valence electrons. The Morgan fingerprint density at radius 2 is 1.64 bits per heavy atom. The zero-order valence-electron chi connectivity index (χ0n) is 15.2. The van der Waals surface area contributed by atoms with Crippen molar-refractivity contribution in [3.8, 4) is 11.1 Å². The number of hydrogen-bond acceptors (Lipinski definition) is 4. The number of carboxylic acids is 1. The van der Waals surface area contributed by atoms with Gasteiger partial charge in [-0.25, -0.2) is 9.59 Å². The molecule has 0 bridgehead atoms. The molecule has 0 aliphatic heterocycles. The lowest BCUT2D eigenvalue weighted by Crippen LogP contribution is -2.43. The molecule has 3 aromatic rings. The van der Waals surface area contributed by atoms with Crippen LogP contribution in [0, 0.1) is 0 Å². The molecule has 0 unspecified atom stereocenters. The second kappa shape index (κ2) is 7.48. The van der Waals surface area contributed by atoms with Gasteiger partial charge < -0.3 is 9.84 Å². The van der Waals surface area contributed by atoms with Crippen LogP contribution in [0.4, 0.5) is 9.80 Å². The Balaban J connectivity index is 1.58. The highest BCUT2D eigenvalue weighted by Crippen LogP contribution is 2.44. The average molecular weight is 393 g/mol. The van der Waals surface area contributed by atoms with Crippen LogP contribution in [0.25, 0.3) is 11.1 Å². The first-order valence-electron chi connectivity index (χ1n) is 8.98. The molecular weight excluding hydrogens is 374 g/mol. The van der Waals surface area contributed by atoms with E-state index in [1.54, 1.807) is 17.5 Å². The molecule has 4 rings (SSSR count). The number of aliphatic carboxylic acids is 1. The third-order valence-electron chi connectivity index (χ3n) is 5.02. The zero-order chi connectivity index (χ0) is 19.7. The predicted octanol–water partition coefficient (Wildman–Crippen LogP) is 4.98. The number of thiophene rings is 1. The van der Waals surface area contributed by atoms with Crippen molar-refractivity contribution >= 4 is 28.4 Å². The van der Waals surface area contributed by atoms with Gasteiger partial charge in [-0.2, -0.15) is 0 Å². The fourth-order valence-electron chi connectivity index (χ4n) is 3.62. The number of nitrogens with zero attached hydrogens (tertiary/aromatic N) is 1. The predicted molar refractivity (Wildman–Crippen MR) is 109 cm³/mol. The van der Waals surface area contributed by atoms with Gasteiger partial charge in [0.15, 0.2) is 0 Å². The number of anilines is 1. The Bertz CT molecular complexity index is 969. The molecule has 0 fully saturated rings. The van der Waals surface area contributed by atoms with E-state index in [0.29, 0.717) is 5.00 Å². The highest BCUT2D eigenvalue weighted by molar-refractivity contribution is 7.14. The lowest BCUT2D eigenvalue weighted by molar-refractivity contribution is -0.138. The Labute approximate surface area is 166 Å². The van der Waals surface area contributed by atoms with Crippen molar-refractivity contribution < 1.29 is 19.4 Å². The van der Waals surface area contributed by atoms with Crippen molar-refractivity contribution in [2.45, 2.75) is 18.9 Å². The van der Waals surface area contributed by atoms with Crippen LogP contribution in [0.3, 0.4) is 0 Å². The molecular formula is C22H19NO4S. The smallest absolute Gasteiger partial charge is 0.415 e. The van der Waals surface area contributed by atoms with Crippen LogP contribution >= 0.6 is 11.3 Å². The van der Waals surface area contributed by atoms with Crippen LogP contribution in [0.15, 0.2) is 66.0 Å². The molecule has 1 N–H and O–H groups in total. The molecule has 6 heteroatoms. The van der Waals surface area contributed by atoms with E-state index >= 15 is 0 Å². The second-order valence-electron chi connectivity index (χ2n) is 6.64. The first-order valence-corrected chi connectivity index (χ1v) is 9.86. The van der Waals surface area contributed by atoms with Gasteiger partial charge in [0, 0.05) is 5.92 Å². The number of rotatable bonds is 5. The molecule has 5 nitrogen and oxygen atoms in total. The highest BCUT2D eigenvalue weighted by atomic mass is 32.1. The summed E-state index contributed by atoms with van der Waals surface area (Å²) >= 11 is 1.30. The molecule has 0 spiro atoms. The van der Waals surface area contributed by atoms with Crippen LogP contribution < -0.4 is 4.90 Å². The lowest BCUT2D eigenvalue weighted by Gasteiger charge is -2.25. The summed E-state index contributed by atoms with van der Waals surface area (Å²) in [6, 6.07) is 18.6. The first-order chi connectivity index (χ1) is 13.6. The summed E-state index contributed by atoms with van der Waals surface area (Å²) in [4.78, 5) is 25.5. The van der Waals surface area contributed by atoms with E-state index in [4.69, 9.17) is 4.74 Å². The number of hydrogen-bond donors (Lipinski definition) is 1. The van der Waals surface area contributed by atoms with Gasteiger partial charge in [0.1, 0.15) is 17.6 Å². The quantitative estimate of drug-likeness (QED) is 0.664. The van der Waals surface area contributed by atoms with Gasteiger partial charge in [0.2, 0.25) is 0 Å². The summed E-state index contributed by atoms with van der Waals surface area (Å²) in [7, 11) is 0. The number of amides is 1. The monoisotopic (exact) mass is 393 g/mol. The number of benzene rings is 2. The minimum atomic E-state index is -1.08. The van der Waals surface area contributed by atoms with Crippen LogP contribution in [-0.4, -0.2) is 29.8 Å². The molecule has 1 heterocycles. The lowest BCUT2D eigenvalue weighted by atomic mass is 9.98. The molecule has 1 aromatic heterocycles. The largest absolute Gasteiger partial charge is 0.480 e. The highest BCUT2D eigenvalue weighted by Gasteiger charge is 2.32. The molecule has 1 aliphatic rings. The SMILES string of the molecule is C[C@H](C(=O)O)N(C(=O)OCC1c2ccccc2-c2ccccc21)c1cccs1. The normalized spacial score (nSPS) is 13.5. The van der Waals surface area contributed by atoms with Gasteiger partial charge in [-0.15, -0.1) is 11.3 Å². The van der Waals surface area contributed by atoms with E-state index in [-0.39, 0.29) is 12.5 Å². The number of carbonyl (C=O) groups excluding carboxylic acids is 1. The van der Waals surface area contributed by atoms with E-state index in [1.165, 1.54) is 23.2 Å². The van der Waals surface area contributed by atoms with Crippen molar-refractivity contribution in [1.29, 1.82) is 0 Å². The van der Waals surface area contributed by atoms with Gasteiger partial charge in [-0.1, -0.05) is 48.5 Å². The van der Waals surface area contributed by atoms with Crippen LogP contribution in [0.5, 0.6) is 0 Å². The molecule has 0 saturated heterocycles. The van der Waals surface area contributed by atoms with Crippen LogP contribution in [0.1, 0.15) is 24.0 Å². The number of fused-ring (bicyclic) bond motifs is 3. The molecule has 1 amide bonds. The molecule has 0 radical (unpaired) electrons. The molecule has 1 atom stereocenters. The Kier molecular flexibility index (Phi) is 4.88. The third-order valence-corrected chi connectivity index (χ3v) is 5.89. The maximum absolute atomic E-state index is 12.8. The Hall–Kier alpha value is -3.12. The standard InChI is InChI=1S/C22H19NO4S/c1-14(21(24)25)23(20-11-6-12-28-20)22(26)27-13-19-17-9-4-2-7-15(17)16-8-3-5-10-18(16)19/h2-12,14,19H,13H2,1H3,(H,24,25)/t14-/m1/s1. The number of carbonyl (C=O) groups is 2.